The molecule has 0 aliphatic heterocycles. The van der Waals surface area contributed by atoms with Crippen molar-refractivity contribution in [2.75, 3.05) is 30.8 Å². The number of likely N-dealkylation sites (N-methyl/N-ethyl adjacent to an activating group) is 1. The first-order valence-electron chi connectivity index (χ1n) is 12.6. The number of ether oxygens (including phenoxy) is 1. The summed E-state index contributed by atoms with van der Waals surface area (Å²) in [4.78, 5) is 34.8. The molecule has 1 aromatic heterocycles. The smallest absolute Gasteiger partial charge is 0.410 e. The van der Waals surface area contributed by atoms with Gasteiger partial charge in [0.2, 0.25) is 11.9 Å². The average molecular weight is 520 g/mol. The minimum atomic E-state index is -0.656. The summed E-state index contributed by atoms with van der Waals surface area (Å²) in [7, 11) is 1.54. The molecule has 0 saturated carbocycles. The van der Waals surface area contributed by atoms with Gasteiger partial charge in [-0.05, 0) is 64.8 Å². The normalized spacial score (nSPS) is 11.3. The molecule has 2 aromatic rings. The summed E-state index contributed by atoms with van der Waals surface area (Å²) in [5.41, 5.74) is 1.41. The molecule has 0 aliphatic carbocycles. The van der Waals surface area contributed by atoms with E-state index >= 15 is 0 Å². The number of nitriles is 1. The van der Waals surface area contributed by atoms with E-state index in [-0.39, 0.29) is 5.91 Å². The molecule has 1 aromatic carbocycles. The SMILES string of the molecule is CCCNc1nc(Nc2ccc(C#N)cc2)ncc1C#CCCCNC(=O)[C@H](C)N(C)C(=O)OC(C)(C)C. The van der Waals surface area contributed by atoms with Crippen molar-refractivity contribution in [2.24, 2.45) is 0 Å². The Morgan fingerprint density at radius 3 is 2.53 bits per heavy atom. The molecule has 0 unspecified atom stereocenters. The molecule has 1 heterocycles. The van der Waals surface area contributed by atoms with Crippen LogP contribution in [0.4, 0.5) is 22.2 Å². The van der Waals surface area contributed by atoms with Crippen LogP contribution in [0.15, 0.2) is 30.5 Å². The molecule has 1 atom stereocenters. The molecule has 0 radical (unpaired) electrons. The lowest BCUT2D eigenvalue weighted by molar-refractivity contribution is -0.125. The fourth-order valence-corrected chi connectivity index (χ4v) is 3.03. The molecule has 0 bridgehead atoms. The van der Waals surface area contributed by atoms with Crippen molar-refractivity contribution in [3.63, 3.8) is 0 Å². The summed E-state index contributed by atoms with van der Waals surface area (Å²) in [5, 5.41) is 18.2. The Kier molecular flexibility index (Phi) is 11.4. The second-order valence-electron chi connectivity index (χ2n) is 9.66. The van der Waals surface area contributed by atoms with E-state index in [0.29, 0.717) is 42.3 Å². The van der Waals surface area contributed by atoms with Crippen LogP contribution in [0.2, 0.25) is 0 Å². The van der Waals surface area contributed by atoms with Crippen LogP contribution in [0.25, 0.3) is 0 Å². The van der Waals surface area contributed by atoms with E-state index in [9.17, 15) is 9.59 Å². The summed E-state index contributed by atoms with van der Waals surface area (Å²) in [6, 6.07) is 8.47. The first-order chi connectivity index (χ1) is 18.0. The maximum absolute atomic E-state index is 12.4. The van der Waals surface area contributed by atoms with Crippen molar-refractivity contribution >= 4 is 29.5 Å². The third-order valence-corrected chi connectivity index (χ3v) is 5.24. The number of hydrogen-bond donors (Lipinski definition) is 3. The topological polar surface area (TPSA) is 132 Å². The van der Waals surface area contributed by atoms with Crippen LogP contribution < -0.4 is 16.0 Å². The standard InChI is InChI=1S/C28H37N7O3/c1-7-16-30-24-22(19-32-26(34-24)33-23-14-12-21(18-29)13-15-23)11-9-8-10-17-31-25(36)20(2)35(6)27(37)38-28(3,4)5/h12-15,19-20H,7-8,10,16-17H2,1-6H3,(H,31,36)(H2,30,32,33,34)/t20-/m0/s1. The van der Waals surface area contributed by atoms with Crippen LogP contribution in [0.1, 0.15) is 65.0 Å². The molecule has 202 valence electrons. The molecule has 10 nitrogen and oxygen atoms in total. The van der Waals surface area contributed by atoms with Crippen molar-refractivity contribution in [3.8, 4) is 17.9 Å². The summed E-state index contributed by atoms with van der Waals surface area (Å²) < 4.78 is 5.31. The highest BCUT2D eigenvalue weighted by Gasteiger charge is 2.26. The number of amides is 2. The maximum Gasteiger partial charge on any atom is 0.410 e. The van der Waals surface area contributed by atoms with Crippen molar-refractivity contribution < 1.29 is 14.3 Å². The largest absolute Gasteiger partial charge is 0.444 e. The Bertz CT molecular complexity index is 1190. The van der Waals surface area contributed by atoms with E-state index in [1.165, 1.54) is 4.90 Å². The molecule has 10 heteroatoms. The Balaban J connectivity index is 1.90. The Hall–Kier alpha value is -4.31. The van der Waals surface area contributed by atoms with E-state index in [4.69, 9.17) is 10.00 Å². The van der Waals surface area contributed by atoms with Gasteiger partial charge in [0.05, 0.1) is 23.4 Å². The number of aromatic nitrogens is 2. The van der Waals surface area contributed by atoms with Crippen LogP contribution in [-0.2, 0) is 9.53 Å². The fourth-order valence-electron chi connectivity index (χ4n) is 3.03. The molecule has 2 amide bonds. The van der Waals surface area contributed by atoms with Crippen LogP contribution in [0.5, 0.6) is 0 Å². The van der Waals surface area contributed by atoms with E-state index in [2.05, 4.69) is 50.8 Å². The minimum Gasteiger partial charge on any atom is -0.444 e. The second kappa shape index (κ2) is 14.4. The number of rotatable bonds is 10. The van der Waals surface area contributed by atoms with Crippen molar-refractivity contribution in [3.05, 3.63) is 41.6 Å². The van der Waals surface area contributed by atoms with Gasteiger partial charge < -0.3 is 20.7 Å². The van der Waals surface area contributed by atoms with Crippen molar-refractivity contribution in [2.45, 2.75) is 65.5 Å². The molecular formula is C28H37N7O3. The molecule has 0 aliphatic rings. The van der Waals surface area contributed by atoms with Gasteiger partial charge in [-0.2, -0.15) is 10.2 Å². The van der Waals surface area contributed by atoms with Gasteiger partial charge in [0.15, 0.2) is 0 Å². The first-order valence-corrected chi connectivity index (χ1v) is 12.6. The number of nitrogens with zero attached hydrogens (tertiary/aromatic N) is 4. The molecule has 0 saturated heterocycles. The number of anilines is 3. The van der Waals surface area contributed by atoms with Crippen LogP contribution in [0.3, 0.4) is 0 Å². The number of carbonyl (C=O) groups excluding carboxylic acids is 2. The Morgan fingerprint density at radius 1 is 1.18 bits per heavy atom. The molecule has 2 rings (SSSR count). The van der Waals surface area contributed by atoms with Crippen LogP contribution >= 0.6 is 0 Å². The zero-order valence-corrected chi connectivity index (χ0v) is 23.0. The van der Waals surface area contributed by atoms with Gasteiger partial charge in [-0.1, -0.05) is 18.8 Å². The van der Waals surface area contributed by atoms with Gasteiger partial charge in [0, 0.05) is 32.2 Å². The Labute approximate surface area is 225 Å². The average Bonchev–Trinajstić information content (AvgIpc) is 2.88. The zero-order chi connectivity index (χ0) is 28.1. The van der Waals surface area contributed by atoms with E-state index in [1.807, 2.05) is 0 Å². The number of carbonyl (C=O) groups is 2. The van der Waals surface area contributed by atoms with E-state index < -0.39 is 17.7 Å². The van der Waals surface area contributed by atoms with E-state index in [0.717, 1.165) is 18.7 Å². The van der Waals surface area contributed by atoms with Gasteiger partial charge in [0.25, 0.3) is 0 Å². The van der Waals surface area contributed by atoms with Gasteiger partial charge in [-0.15, -0.1) is 0 Å². The molecular weight excluding hydrogens is 482 g/mol. The molecule has 3 N–H and O–H groups in total. The predicted molar refractivity (Wildman–Crippen MR) is 148 cm³/mol. The predicted octanol–water partition coefficient (Wildman–Crippen LogP) is 4.42. The van der Waals surface area contributed by atoms with Crippen molar-refractivity contribution in [1.29, 1.82) is 5.26 Å². The lowest BCUT2D eigenvalue weighted by Gasteiger charge is -2.28. The molecule has 0 spiro atoms. The number of benzene rings is 1. The van der Waals surface area contributed by atoms with Gasteiger partial charge in [-0.3, -0.25) is 9.69 Å². The lowest BCUT2D eigenvalue weighted by Crippen LogP contribution is -2.47. The highest BCUT2D eigenvalue weighted by Crippen LogP contribution is 2.18. The lowest BCUT2D eigenvalue weighted by atomic mass is 10.2. The number of nitrogens with one attached hydrogen (secondary N) is 3. The third-order valence-electron chi connectivity index (χ3n) is 5.24. The monoisotopic (exact) mass is 519 g/mol. The summed E-state index contributed by atoms with van der Waals surface area (Å²) in [6.07, 6.45) is 3.27. The highest BCUT2D eigenvalue weighted by atomic mass is 16.6. The van der Waals surface area contributed by atoms with Gasteiger partial charge >= 0.3 is 6.09 Å². The third kappa shape index (κ3) is 9.98. The van der Waals surface area contributed by atoms with Crippen LogP contribution in [-0.4, -0.2) is 58.6 Å². The van der Waals surface area contributed by atoms with Crippen molar-refractivity contribution in [1.82, 2.24) is 20.2 Å². The number of hydrogen-bond acceptors (Lipinski definition) is 8. The second-order valence-corrected chi connectivity index (χ2v) is 9.66. The molecule has 38 heavy (non-hydrogen) atoms. The summed E-state index contributed by atoms with van der Waals surface area (Å²) in [6.45, 7) is 10.2. The zero-order valence-electron chi connectivity index (χ0n) is 23.0. The van der Waals surface area contributed by atoms with E-state index in [1.54, 1.807) is 65.2 Å². The minimum absolute atomic E-state index is 0.254. The maximum atomic E-state index is 12.4. The van der Waals surface area contributed by atoms with Crippen LogP contribution in [0, 0.1) is 23.2 Å². The van der Waals surface area contributed by atoms with Gasteiger partial charge in [-0.25, -0.2) is 9.78 Å². The summed E-state index contributed by atoms with van der Waals surface area (Å²) >= 11 is 0. The van der Waals surface area contributed by atoms with Gasteiger partial charge in [0.1, 0.15) is 17.5 Å². The fraction of sp³-hybridized carbons (Fsp3) is 0.464. The summed E-state index contributed by atoms with van der Waals surface area (Å²) in [5.74, 6) is 7.03. The molecule has 0 fully saturated rings. The quantitative estimate of drug-likeness (QED) is 0.310. The highest BCUT2D eigenvalue weighted by molar-refractivity contribution is 5.85. The Morgan fingerprint density at radius 2 is 1.89 bits per heavy atom. The number of unbranched alkanes of at least 4 members (excludes halogenated alkanes) is 1. The first kappa shape index (κ1) is 29.9.